The minimum Gasteiger partial charge on any atom is -0.477 e. The van der Waals surface area contributed by atoms with Crippen LogP contribution in [0.1, 0.15) is 5.69 Å². The van der Waals surface area contributed by atoms with Crippen LogP contribution < -0.4 is 10.6 Å². The Bertz CT molecular complexity index is 1180. The fraction of sp³-hybridized carbons (Fsp3) is 0.294. The van der Waals surface area contributed by atoms with Crippen LogP contribution >= 0.6 is 46.2 Å². The maximum Gasteiger partial charge on any atom is 0.352 e. The number of nitrogens with one attached hydrogen (secondary N) is 2. The summed E-state index contributed by atoms with van der Waals surface area (Å²) in [6.07, 6.45) is 0.450. The summed E-state index contributed by atoms with van der Waals surface area (Å²) >= 11 is 5.12. The van der Waals surface area contributed by atoms with Gasteiger partial charge in [0.05, 0.1) is 0 Å². The van der Waals surface area contributed by atoms with E-state index in [2.05, 4.69) is 31.0 Å². The second kappa shape index (κ2) is 10.5. The SMILES string of the molecule is CO/N=C(/C(=O)NC1C(=O)N2C(C(=O)O)=C(CSc3nncs3)CS[C@H]12)c1csc(NC=O)n1. The minimum absolute atomic E-state index is 0.0777. The van der Waals surface area contributed by atoms with Crippen molar-refractivity contribution in [2.24, 2.45) is 5.16 Å². The highest BCUT2D eigenvalue weighted by Gasteiger charge is 2.54. The predicted octanol–water partition coefficient (Wildman–Crippen LogP) is 0.444. The molecule has 0 aromatic carbocycles. The molecule has 178 valence electrons. The molecule has 2 aromatic heterocycles. The Kier molecular flexibility index (Phi) is 7.44. The van der Waals surface area contributed by atoms with Crippen molar-refractivity contribution in [2.75, 3.05) is 23.9 Å². The fourth-order valence-electron chi connectivity index (χ4n) is 3.17. The number of rotatable bonds is 10. The second-order valence-electron chi connectivity index (χ2n) is 6.53. The van der Waals surface area contributed by atoms with Gasteiger partial charge >= 0.3 is 5.97 Å². The van der Waals surface area contributed by atoms with Crippen molar-refractivity contribution in [3.05, 3.63) is 27.9 Å². The van der Waals surface area contributed by atoms with Crippen LogP contribution in [0, 0.1) is 0 Å². The molecule has 0 aliphatic carbocycles. The zero-order chi connectivity index (χ0) is 24.2. The van der Waals surface area contributed by atoms with E-state index in [1.807, 2.05) is 0 Å². The summed E-state index contributed by atoms with van der Waals surface area (Å²) in [7, 11) is 1.25. The van der Waals surface area contributed by atoms with Crippen molar-refractivity contribution < 1.29 is 29.1 Å². The Labute approximate surface area is 208 Å². The van der Waals surface area contributed by atoms with E-state index in [1.165, 1.54) is 52.3 Å². The lowest BCUT2D eigenvalue weighted by Gasteiger charge is -2.49. The first-order valence-corrected chi connectivity index (χ1v) is 13.1. The number of nitrogens with zero attached hydrogens (tertiary/aromatic N) is 5. The predicted molar refractivity (Wildman–Crippen MR) is 126 cm³/mol. The highest BCUT2D eigenvalue weighted by molar-refractivity contribution is 8.01. The molecule has 0 radical (unpaired) electrons. The average molecular weight is 542 g/mol. The molecule has 1 saturated heterocycles. The number of oxime groups is 1. The topological polar surface area (TPSA) is 176 Å². The average Bonchev–Trinajstić information content (AvgIpc) is 3.51. The molecule has 0 spiro atoms. The minimum atomic E-state index is -1.21. The molecule has 4 heterocycles. The number of aliphatic carboxylic acids is 1. The van der Waals surface area contributed by atoms with Crippen LogP contribution in [0.2, 0.25) is 0 Å². The molecule has 2 atom stereocenters. The third kappa shape index (κ3) is 4.77. The molecule has 3 amide bonds. The number of carboxylic acids is 1. The molecule has 2 aliphatic heterocycles. The van der Waals surface area contributed by atoms with Gasteiger partial charge in [0.15, 0.2) is 15.2 Å². The van der Waals surface area contributed by atoms with Gasteiger partial charge in [-0.25, -0.2) is 9.78 Å². The van der Waals surface area contributed by atoms with Gasteiger partial charge in [-0.2, -0.15) is 0 Å². The van der Waals surface area contributed by atoms with Crippen molar-refractivity contribution >= 4 is 81.2 Å². The molecule has 4 rings (SSSR count). The monoisotopic (exact) mass is 541 g/mol. The van der Waals surface area contributed by atoms with Gasteiger partial charge in [0.2, 0.25) is 6.41 Å². The van der Waals surface area contributed by atoms with Crippen LogP contribution in [-0.4, -0.2) is 85.1 Å². The molecule has 13 nitrogen and oxygen atoms in total. The maximum atomic E-state index is 12.9. The second-order valence-corrected chi connectivity index (χ2v) is 10.6. The molecule has 2 aromatic rings. The lowest BCUT2D eigenvalue weighted by molar-refractivity contribution is -0.150. The first-order chi connectivity index (χ1) is 16.4. The first-order valence-electron chi connectivity index (χ1n) is 9.31. The molecule has 34 heavy (non-hydrogen) atoms. The third-order valence-corrected chi connectivity index (χ3v) is 8.63. The molecule has 1 fully saturated rings. The number of β-lactam (4-membered cyclic amide) rings is 1. The van der Waals surface area contributed by atoms with E-state index < -0.39 is 29.2 Å². The standard InChI is InChI=1S/C17H15N7O6S4/c1-30-23-9(8-4-32-16(20-8)18-5-25)12(26)21-10-13(27)24-11(15(28)29)7(2-31-14(10)24)3-33-17-22-19-6-34-17/h4-6,10,14H,2-3H2,1H3,(H,21,26)(H,28,29)(H,18,20,25)/b23-9+/t10?,14-/m1/s1. The third-order valence-electron chi connectivity index (χ3n) is 4.57. The number of carboxylic acid groups (broad SMARTS) is 1. The number of carbonyl (C=O) groups is 4. The smallest absolute Gasteiger partial charge is 0.352 e. The van der Waals surface area contributed by atoms with E-state index in [4.69, 9.17) is 4.84 Å². The summed E-state index contributed by atoms with van der Waals surface area (Å²) in [5, 5.41) is 27.3. The maximum absolute atomic E-state index is 12.9. The van der Waals surface area contributed by atoms with E-state index >= 15 is 0 Å². The van der Waals surface area contributed by atoms with Crippen LogP contribution in [0.5, 0.6) is 0 Å². The molecule has 2 aliphatic rings. The quantitative estimate of drug-likeness (QED) is 0.125. The van der Waals surface area contributed by atoms with Crippen molar-refractivity contribution in [3.63, 3.8) is 0 Å². The number of hydrogen-bond donors (Lipinski definition) is 3. The van der Waals surface area contributed by atoms with Crippen LogP contribution in [0.25, 0.3) is 0 Å². The van der Waals surface area contributed by atoms with E-state index in [0.29, 0.717) is 27.8 Å². The van der Waals surface area contributed by atoms with Crippen LogP contribution in [-0.2, 0) is 24.0 Å². The van der Waals surface area contributed by atoms with Crippen LogP contribution in [0.4, 0.5) is 5.13 Å². The highest BCUT2D eigenvalue weighted by Crippen LogP contribution is 2.41. The van der Waals surface area contributed by atoms with Crippen LogP contribution in [0.3, 0.4) is 0 Å². The summed E-state index contributed by atoms with van der Waals surface area (Å²) in [6, 6.07) is -0.947. The summed E-state index contributed by atoms with van der Waals surface area (Å²) in [5.41, 5.74) is 2.06. The molecule has 1 unspecified atom stereocenters. The van der Waals surface area contributed by atoms with E-state index in [1.54, 1.807) is 5.51 Å². The Morgan fingerprint density at radius 2 is 2.26 bits per heavy atom. The molecule has 17 heteroatoms. The summed E-state index contributed by atoms with van der Waals surface area (Å²) < 4.78 is 0.697. The Hall–Kier alpha value is -3.02. The van der Waals surface area contributed by atoms with Gasteiger partial charge in [-0.15, -0.1) is 33.3 Å². The van der Waals surface area contributed by atoms with Crippen molar-refractivity contribution in [1.82, 2.24) is 25.4 Å². The Morgan fingerprint density at radius 3 is 2.94 bits per heavy atom. The molecular formula is C17H15N7O6S4. The largest absolute Gasteiger partial charge is 0.477 e. The van der Waals surface area contributed by atoms with Gasteiger partial charge in [0.25, 0.3) is 11.8 Å². The van der Waals surface area contributed by atoms with Crippen molar-refractivity contribution in [1.29, 1.82) is 0 Å². The number of hydrogen-bond acceptors (Lipinski definition) is 13. The Morgan fingerprint density at radius 1 is 1.44 bits per heavy atom. The normalized spacial score (nSPS) is 19.9. The lowest BCUT2D eigenvalue weighted by Crippen LogP contribution is -2.71. The number of thioether (sulfide) groups is 2. The summed E-state index contributed by atoms with van der Waals surface area (Å²) in [4.78, 5) is 58.3. The van der Waals surface area contributed by atoms with Crippen molar-refractivity contribution in [3.8, 4) is 0 Å². The van der Waals surface area contributed by atoms with Crippen LogP contribution in [0.15, 0.2) is 31.7 Å². The van der Waals surface area contributed by atoms with Gasteiger partial charge in [-0.3, -0.25) is 19.3 Å². The zero-order valence-electron chi connectivity index (χ0n) is 17.2. The van der Waals surface area contributed by atoms with E-state index in [-0.39, 0.29) is 22.2 Å². The number of thiazole rings is 1. The van der Waals surface area contributed by atoms with Crippen molar-refractivity contribution in [2.45, 2.75) is 15.8 Å². The van der Waals surface area contributed by atoms with Gasteiger partial charge in [0, 0.05) is 16.9 Å². The van der Waals surface area contributed by atoms with E-state index in [9.17, 15) is 24.3 Å². The zero-order valence-corrected chi connectivity index (χ0v) is 20.4. The number of carbonyl (C=O) groups excluding carboxylic acids is 3. The Balaban J connectivity index is 1.48. The molecular weight excluding hydrogens is 526 g/mol. The van der Waals surface area contributed by atoms with Gasteiger partial charge in [0.1, 0.15) is 35.4 Å². The number of anilines is 1. The molecule has 3 N–H and O–H groups in total. The molecule has 0 bridgehead atoms. The van der Waals surface area contributed by atoms with Gasteiger partial charge in [-0.05, 0) is 5.57 Å². The van der Waals surface area contributed by atoms with Gasteiger partial charge in [-0.1, -0.05) is 28.3 Å². The van der Waals surface area contributed by atoms with E-state index in [0.717, 1.165) is 11.3 Å². The molecule has 0 saturated carbocycles. The summed E-state index contributed by atoms with van der Waals surface area (Å²) in [5.74, 6) is -1.75. The number of aromatic nitrogens is 3. The first kappa shape index (κ1) is 24.1. The number of fused-ring (bicyclic) bond motifs is 1. The fourth-order valence-corrected chi connectivity index (χ4v) is 6.80. The summed E-state index contributed by atoms with van der Waals surface area (Å²) in [6.45, 7) is 0. The number of amides is 3. The van der Waals surface area contributed by atoms with Gasteiger partial charge < -0.3 is 20.6 Å². The highest BCUT2D eigenvalue weighted by atomic mass is 32.2. The lowest BCUT2D eigenvalue weighted by atomic mass is 10.0.